The Balaban J connectivity index is 1.92. The Hall–Kier alpha value is -2.47. The van der Waals surface area contributed by atoms with Crippen LogP contribution in [0.2, 0.25) is 0 Å². The number of urea groups is 1. The van der Waals surface area contributed by atoms with Crippen molar-refractivity contribution in [3.8, 4) is 0 Å². The second-order valence-corrected chi connectivity index (χ2v) is 6.58. The van der Waals surface area contributed by atoms with Gasteiger partial charge in [-0.15, -0.1) is 0 Å². The number of fused-ring (bicyclic) bond motifs is 2. The summed E-state index contributed by atoms with van der Waals surface area (Å²) < 4.78 is 0. The number of hydrogen-bond acceptors (Lipinski definition) is 3. The normalized spacial score (nSPS) is 12.2. The first-order valence-electron chi connectivity index (χ1n) is 7.73. The van der Waals surface area contributed by atoms with E-state index in [2.05, 4.69) is 5.32 Å². The molecule has 0 radical (unpaired) electrons. The van der Waals surface area contributed by atoms with Gasteiger partial charge in [0.25, 0.3) is 0 Å². The van der Waals surface area contributed by atoms with Crippen molar-refractivity contribution in [2.75, 3.05) is 25.5 Å². The van der Waals surface area contributed by atoms with Gasteiger partial charge in [-0.1, -0.05) is 36.0 Å². The minimum Gasteiger partial charge on any atom is -0.359 e. The number of nitrogens with zero attached hydrogens (tertiary/aromatic N) is 2. The lowest BCUT2D eigenvalue weighted by Gasteiger charge is -2.33. The average Bonchev–Trinajstić information content (AvgIpc) is 2.63. The van der Waals surface area contributed by atoms with Gasteiger partial charge in [0, 0.05) is 36.9 Å². The molecule has 124 valence electrons. The molecule has 0 aliphatic carbocycles. The number of carbonyl (C=O) groups is 2. The maximum Gasteiger partial charge on any atom is 0.328 e. The second kappa shape index (κ2) is 6.97. The third kappa shape index (κ3) is 3.10. The summed E-state index contributed by atoms with van der Waals surface area (Å²) in [5, 5.41) is 2.58. The highest BCUT2D eigenvalue weighted by Gasteiger charge is 2.29. The molecule has 24 heavy (non-hydrogen) atoms. The molecule has 0 aromatic heterocycles. The van der Waals surface area contributed by atoms with Gasteiger partial charge >= 0.3 is 6.03 Å². The summed E-state index contributed by atoms with van der Waals surface area (Å²) in [6, 6.07) is 15.6. The van der Waals surface area contributed by atoms with Crippen LogP contribution in [-0.2, 0) is 4.79 Å². The maximum absolute atomic E-state index is 13.0. The molecule has 0 fully saturated rings. The molecular weight excluding hydrogens is 322 g/mol. The van der Waals surface area contributed by atoms with E-state index in [1.54, 1.807) is 35.7 Å². The first-order chi connectivity index (χ1) is 11.6. The summed E-state index contributed by atoms with van der Waals surface area (Å²) >= 11 is 1.66. The van der Waals surface area contributed by atoms with E-state index in [0.29, 0.717) is 6.54 Å². The highest BCUT2D eigenvalue weighted by atomic mass is 32.2. The quantitative estimate of drug-likeness (QED) is 0.930. The minimum atomic E-state index is -0.140. The van der Waals surface area contributed by atoms with Crippen LogP contribution < -0.4 is 10.2 Å². The number of para-hydroxylation sites is 2. The van der Waals surface area contributed by atoms with Crippen LogP contribution in [0.25, 0.3) is 0 Å². The van der Waals surface area contributed by atoms with E-state index in [9.17, 15) is 9.59 Å². The molecule has 0 spiro atoms. The van der Waals surface area contributed by atoms with Gasteiger partial charge in [-0.05, 0) is 24.3 Å². The van der Waals surface area contributed by atoms with Gasteiger partial charge < -0.3 is 10.2 Å². The molecule has 1 aliphatic rings. The van der Waals surface area contributed by atoms with E-state index >= 15 is 0 Å². The van der Waals surface area contributed by atoms with Gasteiger partial charge in [0.05, 0.1) is 11.4 Å². The third-order valence-electron chi connectivity index (χ3n) is 3.90. The first-order valence-corrected chi connectivity index (χ1v) is 8.55. The van der Waals surface area contributed by atoms with Crippen LogP contribution in [0.3, 0.4) is 0 Å². The van der Waals surface area contributed by atoms with Crippen molar-refractivity contribution in [1.29, 1.82) is 0 Å². The SMILES string of the molecule is CNC(=O)CCN(C)C(=O)N1c2ccccc2Sc2ccccc21. The predicted molar refractivity (Wildman–Crippen MR) is 95.9 cm³/mol. The highest BCUT2D eigenvalue weighted by molar-refractivity contribution is 7.99. The number of nitrogens with one attached hydrogen (secondary N) is 1. The van der Waals surface area contributed by atoms with Crippen molar-refractivity contribution < 1.29 is 9.59 Å². The van der Waals surface area contributed by atoms with Crippen molar-refractivity contribution in [3.05, 3.63) is 48.5 Å². The fourth-order valence-corrected chi connectivity index (χ4v) is 3.63. The average molecular weight is 341 g/mol. The Morgan fingerprint density at radius 3 is 2.12 bits per heavy atom. The largest absolute Gasteiger partial charge is 0.359 e. The molecule has 1 aliphatic heterocycles. The summed E-state index contributed by atoms with van der Waals surface area (Å²) in [6.45, 7) is 0.368. The monoisotopic (exact) mass is 341 g/mol. The Morgan fingerprint density at radius 1 is 1.04 bits per heavy atom. The zero-order chi connectivity index (χ0) is 17.1. The van der Waals surface area contributed by atoms with E-state index in [4.69, 9.17) is 0 Å². The van der Waals surface area contributed by atoms with Gasteiger partial charge in [0.2, 0.25) is 5.91 Å². The van der Waals surface area contributed by atoms with Crippen LogP contribution in [0, 0.1) is 0 Å². The van der Waals surface area contributed by atoms with Gasteiger partial charge in [-0.3, -0.25) is 9.69 Å². The van der Waals surface area contributed by atoms with Crippen LogP contribution in [-0.4, -0.2) is 37.5 Å². The predicted octanol–water partition coefficient (Wildman–Crippen LogP) is 3.48. The van der Waals surface area contributed by atoms with Crippen molar-refractivity contribution in [2.45, 2.75) is 16.2 Å². The van der Waals surface area contributed by atoms with Crippen LogP contribution >= 0.6 is 11.8 Å². The molecule has 0 saturated heterocycles. The topological polar surface area (TPSA) is 52.7 Å². The Labute approximate surface area is 145 Å². The first kappa shape index (κ1) is 16.4. The molecule has 2 aromatic carbocycles. The van der Waals surface area contributed by atoms with E-state index < -0.39 is 0 Å². The molecule has 5 nitrogen and oxygen atoms in total. The maximum atomic E-state index is 13.0. The zero-order valence-corrected chi connectivity index (χ0v) is 14.5. The lowest BCUT2D eigenvalue weighted by Crippen LogP contribution is -2.41. The number of rotatable bonds is 3. The van der Waals surface area contributed by atoms with E-state index in [0.717, 1.165) is 21.2 Å². The van der Waals surface area contributed by atoms with Gasteiger partial charge in [-0.2, -0.15) is 0 Å². The molecule has 0 atom stereocenters. The number of hydrogen-bond donors (Lipinski definition) is 1. The summed E-state index contributed by atoms with van der Waals surface area (Å²) in [5.74, 6) is -0.0790. The van der Waals surface area contributed by atoms with Crippen molar-refractivity contribution in [3.63, 3.8) is 0 Å². The van der Waals surface area contributed by atoms with Crippen molar-refractivity contribution in [1.82, 2.24) is 10.2 Å². The Morgan fingerprint density at radius 2 is 1.58 bits per heavy atom. The number of carbonyl (C=O) groups excluding carboxylic acids is 2. The summed E-state index contributed by atoms with van der Waals surface area (Å²) in [6.07, 6.45) is 0.282. The lowest BCUT2D eigenvalue weighted by atomic mass is 10.2. The summed E-state index contributed by atoms with van der Waals surface area (Å²) in [7, 11) is 3.32. The molecule has 6 heteroatoms. The minimum absolute atomic E-state index is 0.0790. The number of anilines is 2. The fourth-order valence-electron chi connectivity index (χ4n) is 2.57. The van der Waals surface area contributed by atoms with Crippen LogP contribution in [0.4, 0.5) is 16.2 Å². The van der Waals surface area contributed by atoms with Gasteiger partial charge in [0.15, 0.2) is 0 Å². The third-order valence-corrected chi connectivity index (χ3v) is 5.03. The summed E-state index contributed by atoms with van der Waals surface area (Å²) in [4.78, 5) is 29.9. The molecule has 0 bridgehead atoms. The molecule has 0 saturated carbocycles. The van der Waals surface area contributed by atoms with Crippen molar-refractivity contribution >= 4 is 35.1 Å². The number of amides is 3. The number of benzene rings is 2. The Bertz CT molecular complexity index is 733. The smallest absolute Gasteiger partial charge is 0.328 e. The van der Waals surface area contributed by atoms with E-state index in [-0.39, 0.29) is 18.4 Å². The molecule has 2 aromatic rings. The molecule has 0 unspecified atom stereocenters. The molecule has 3 amide bonds. The highest BCUT2D eigenvalue weighted by Crippen LogP contribution is 2.48. The second-order valence-electron chi connectivity index (χ2n) is 5.50. The molecule has 1 N–H and O–H groups in total. The van der Waals surface area contributed by atoms with E-state index in [1.165, 1.54) is 0 Å². The van der Waals surface area contributed by atoms with E-state index in [1.807, 2.05) is 48.5 Å². The van der Waals surface area contributed by atoms with Gasteiger partial charge in [0.1, 0.15) is 0 Å². The zero-order valence-electron chi connectivity index (χ0n) is 13.7. The van der Waals surface area contributed by atoms with Crippen LogP contribution in [0.1, 0.15) is 6.42 Å². The van der Waals surface area contributed by atoms with Crippen LogP contribution in [0.5, 0.6) is 0 Å². The fraction of sp³-hybridized carbons (Fsp3) is 0.222. The van der Waals surface area contributed by atoms with Gasteiger partial charge in [-0.25, -0.2) is 4.79 Å². The summed E-state index contributed by atoms with van der Waals surface area (Å²) in [5.41, 5.74) is 1.75. The lowest BCUT2D eigenvalue weighted by molar-refractivity contribution is -0.120. The molecule has 3 rings (SSSR count). The van der Waals surface area contributed by atoms with Crippen LogP contribution in [0.15, 0.2) is 58.3 Å². The standard InChI is InChI=1S/C18H19N3O2S/c1-19-17(22)11-12-20(2)18(23)21-13-7-3-5-9-15(13)24-16-10-6-4-8-14(16)21/h3-10H,11-12H2,1-2H3,(H,19,22). The molecular formula is C18H19N3O2S. The van der Waals surface area contributed by atoms with Crippen molar-refractivity contribution in [2.24, 2.45) is 0 Å². The molecule has 1 heterocycles. The Kier molecular flexibility index (Phi) is 4.76.